The van der Waals surface area contributed by atoms with E-state index in [0.717, 1.165) is 0 Å². The summed E-state index contributed by atoms with van der Waals surface area (Å²) in [5.41, 5.74) is -1.46. The van der Waals surface area contributed by atoms with Crippen LogP contribution in [0.1, 0.15) is 13.8 Å². The molecule has 12 heavy (non-hydrogen) atoms. The Kier molecular flexibility index (Phi) is 3.99. The van der Waals surface area contributed by atoms with Crippen LogP contribution in [0.5, 0.6) is 0 Å². The molecule has 1 unspecified atom stereocenters. The van der Waals surface area contributed by atoms with E-state index in [4.69, 9.17) is 44.7 Å². The Hall–Kier alpha value is 0.630. The highest BCUT2D eigenvalue weighted by Gasteiger charge is 2.69. The van der Waals surface area contributed by atoms with Crippen molar-refractivity contribution in [3.05, 3.63) is 0 Å². The van der Waals surface area contributed by atoms with Gasteiger partial charge < -0.3 is 5.11 Å². The Balaban J connectivity index is 0.000000261. The fourth-order valence-corrected chi connectivity index (χ4v) is 1.76. The highest BCUT2D eigenvalue weighted by Crippen LogP contribution is 2.66. The van der Waals surface area contributed by atoms with E-state index < -0.39 is 9.76 Å². The predicted octanol–water partition coefficient (Wildman–Crippen LogP) is 3.71. The average molecular weight is 254 g/mol. The van der Waals surface area contributed by atoms with Gasteiger partial charge in [-0.15, -0.1) is 11.6 Å². The van der Waals surface area contributed by atoms with E-state index in [1.54, 1.807) is 0 Å². The van der Waals surface area contributed by atoms with Gasteiger partial charge in [0.25, 0.3) is 0 Å². The summed E-state index contributed by atoms with van der Waals surface area (Å²) in [6.45, 7) is 3.90. The maximum Gasteiger partial charge on any atom is 0.401 e. The highest BCUT2D eigenvalue weighted by molar-refractivity contribution is 6.60. The largest absolute Gasteiger partial charge is 0.469 e. The first kappa shape index (κ1) is 12.6. The monoisotopic (exact) mass is 252 g/mol. The summed E-state index contributed by atoms with van der Waals surface area (Å²) in [7, 11) is 0. The number of hydrogen-bond donors (Lipinski definition) is 1. The first-order valence-corrected chi connectivity index (χ1v) is 4.61. The quantitative estimate of drug-likeness (QED) is 0.528. The van der Waals surface area contributed by atoms with Crippen LogP contribution in [0.3, 0.4) is 0 Å². The topological polar surface area (TPSA) is 37.3 Å². The molecule has 0 amide bonds. The smallest absolute Gasteiger partial charge is 0.401 e. The lowest BCUT2D eigenvalue weighted by Gasteiger charge is -1.98. The molecule has 1 N–H and O–H groups in total. The van der Waals surface area contributed by atoms with Gasteiger partial charge >= 0.3 is 5.43 Å². The standard InChI is InChI=1S/C5H7Cl3.CHClO2/c1-4(2)3(6)5(4,7)8;2-1(3)4/h3H,1-2H3;(H,3,4). The lowest BCUT2D eigenvalue weighted by Crippen LogP contribution is -1.96. The third kappa shape index (κ3) is 2.56. The molecule has 0 aromatic rings. The molecule has 2 nitrogen and oxygen atoms in total. The Morgan fingerprint density at radius 2 is 1.50 bits per heavy atom. The summed E-state index contributed by atoms with van der Waals surface area (Å²) in [6.07, 6.45) is 0. The van der Waals surface area contributed by atoms with E-state index in [2.05, 4.69) is 11.6 Å². The first-order chi connectivity index (χ1) is 5.14. The van der Waals surface area contributed by atoms with Crippen LogP contribution in [0.4, 0.5) is 4.79 Å². The SMILES string of the molecule is CC1(C)C(Cl)C1(Cl)Cl.O=C(O)Cl. The lowest BCUT2D eigenvalue weighted by atomic mass is 10.2. The minimum atomic E-state index is -1.36. The van der Waals surface area contributed by atoms with E-state index in [1.165, 1.54) is 0 Å². The fraction of sp³-hybridized carbons (Fsp3) is 0.833. The number of halogens is 4. The second-order valence-corrected chi connectivity index (χ2v) is 5.11. The maximum absolute atomic E-state index is 8.77. The van der Waals surface area contributed by atoms with Crippen molar-refractivity contribution in [2.75, 3.05) is 0 Å². The van der Waals surface area contributed by atoms with E-state index >= 15 is 0 Å². The van der Waals surface area contributed by atoms with Gasteiger partial charge in [-0.05, 0) is 0 Å². The summed E-state index contributed by atoms with van der Waals surface area (Å²) in [4.78, 5) is 8.77. The first-order valence-electron chi connectivity index (χ1n) is 3.04. The van der Waals surface area contributed by atoms with Crippen molar-refractivity contribution < 1.29 is 9.90 Å². The van der Waals surface area contributed by atoms with Crippen LogP contribution in [0.15, 0.2) is 0 Å². The molecule has 1 aliphatic rings. The summed E-state index contributed by atoms with van der Waals surface area (Å²) in [5.74, 6) is 0. The molecule has 72 valence electrons. The molecule has 0 aromatic carbocycles. The van der Waals surface area contributed by atoms with Gasteiger partial charge in [0.2, 0.25) is 0 Å². The van der Waals surface area contributed by atoms with Crippen LogP contribution in [0.25, 0.3) is 0 Å². The van der Waals surface area contributed by atoms with Gasteiger partial charge in [0.1, 0.15) is 4.33 Å². The Labute approximate surface area is 90.7 Å². The Bertz CT molecular complexity index is 172. The minimum absolute atomic E-state index is 0.0849. The zero-order valence-corrected chi connectivity index (χ0v) is 9.47. The van der Waals surface area contributed by atoms with Crippen LogP contribution < -0.4 is 0 Å². The predicted molar refractivity (Wildman–Crippen MR) is 51.7 cm³/mol. The molecule has 1 rings (SSSR count). The minimum Gasteiger partial charge on any atom is -0.469 e. The third-order valence-corrected chi connectivity index (χ3v) is 4.23. The van der Waals surface area contributed by atoms with Crippen LogP contribution in [-0.2, 0) is 0 Å². The molecule has 0 saturated heterocycles. The summed E-state index contributed by atoms with van der Waals surface area (Å²) >= 11 is 21.3. The van der Waals surface area contributed by atoms with Crippen LogP contribution in [0, 0.1) is 5.41 Å². The van der Waals surface area contributed by atoms with E-state index in [1.807, 2.05) is 13.8 Å². The van der Waals surface area contributed by atoms with E-state index in [0.29, 0.717) is 0 Å². The van der Waals surface area contributed by atoms with Crippen LogP contribution in [0.2, 0.25) is 0 Å². The number of alkyl halides is 3. The second-order valence-electron chi connectivity index (χ2n) is 2.96. The molecule has 6 heteroatoms. The molecule has 1 saturated carbocycles. The van der Waals surface area contributed by atoms with Crippen molar-refractivity contribution in [2.24, 2.45) is 5.41 Å². The van der Waals surface area contributed by atoms with Gasteiger partial charge in [0.05, 0.1) is 5.38 Å². The summed E-state index contributed by atoms with van der Waals surface area (Å²) in [5, 5.41) is 7.10. The normalized spacial score (nSPS) is 28.3. The average Bonchev–Trinajstić information content (AvgIpc) is 2.12. The number of rotatable bonds is 0. The van der Waals surface area contributed by atoms with Crippen molar-refractivity contribution in [2.45, 2.75) is 23.6 Å². The zero-order valence-electron chi connectivity index (χ0n) is 6.44. The molecule has 0 aliphatic heterocycles. The number of carboxylic acid groups (broad SMARTS) is 1. The van der Waals surface area contributed by atoms with Crippen molar-refractivity contribution >= 4 is 51.8 Å². The summed E-state index contributed by atoms with van der Waals surface area (Å²) in [6, 6.07) is 0. The fourth-order valence-electron chi connectivity index (χ4n) is 0.599. The maximum atomic E-state index is 8.77. The zero-order chi connectivity index (χ0) is 10.2. The number of hydrogen-bond acceptors (Lipinski definition) is 1. The van der Waals surface area contributed by atoms with Gasteiger partial charge in [-0.3, -0.25) is 0 Å². The molecule has 1 atom stereocenters. The van der Waals surface area contributed by atoms with Crippen LogP contribution >= 0.6 is 46.4 Å². The van der Waals surface area contributed by atoms with Gasteiger partial charge in [0, 0.05) is 17.0 Å². The molecule has 0 bridgehead atoms. The van der Waals surface area contributed by atoms with Gasteiger partial charge in [-0.2, -0.15) is 0 Å². The molecule has 0 spiro atoms. The molecule has 0 radical (unpaired) electrons. The van der Waals surface area contributed by atoms with Gasteiger partial charge in [-0.1, -0.05) is 37.0 Å². The van der Waals surface area contributed by atoms with Gasteiger partial charge in [-0.25, -0.2) is 4.79 Å². The Morgan fingerprint density at radius 3 is 1.50 bits per heavy atom. The molecular formula is C6H8Cl4O2. The van der Waals surface area contributed by atoms with E-state index in [9.17, 15) is 0 Å². The number of carbonyl (C=O) groups is 1. The Morgan fingerprint density at radius 1 is 1.42 bits per heavy atom. The van der Waals surface area contributed by atoms with E-state index in [-0.39, 0.29) is 10.8 Å². The van der Waals surface area contributed by atoms with Crippen molar-refractivity contribution in [3.8, 4) is 0 Å². The molecular weight excluding hydrogens is 246 g/mol. The highest BCUT2D eigenvalue weighted by atomic mass is 35.5. The molecule has 1 fully saturated rings. The summed E-state index contributed by atoms with van der Waals surface area (Å²) < 4.78 is -0.686. The van der Waals surface area contributed by atoms with Crippen LogP contribution in [-0.4, -0.2) is 20.2 Å². The lowest BCUT2D eigenvalue weighted by molar-refractivity contribution is 0.220. The van der Waals surface area contributed by atoms with Crippen molar-refractivity contribution in [3.63, 3.8) is 0 Å². The second kappa shape index (κ2) is 3.79. The van der Waals surface area contributed by atoms with Crippen molar-refractivity contribution in [1.82, 2.24) is 0 Å². The molecule has 0 heterocycles. The van der Waals surface area contributed by atoms with Gasteiger partial charge in [0.15, 0.2) is 0 Å². The van der Waals surface area contributed by atoms with Crippen molar-refractivity contribution in [1.29, 1.82) is 0 Å². The third-order valence-electron chi connectivity index (χ3n) is 1.73. The molecule has 0 aromatic heterocycles. The molecule has 1 aliphatic carbocycles.